The van der Waals surface area contributed by atoms with Crippen molar-refractivity contribution in [2.75, 3.05) is 10.5 Å². The van der Waals surface area contributed by atoms with Gasteiger partial charge in [0.1, 0.15) is 0 Å². The topological polar surface area (TPSA) is 72.2 Å². The molecule has 122 valence electrons. The summed E-state index contributed by atoms with van der Waals surface area (Å²) >= 11 is 0. The number of nitrogens with two attached hydrogens (primary N) is 1. The van der Waals surface area contributed by atoms with Gasteiger partial charge in [-0.15, -0.1) is 0 Å². The molecule has 0 saturated carbocycles. The fraction of sp³-hybridized carbons (Fsp3) is 0.0526. The predicted octanol–water partition coefficient (Wildman–Crippen LogP) is 4.05. The average molecular weight is 338 g/mol. The van der Waals surface area contributed by atoms with E-state index in [1.54, 1.807) is 42.5 Å². The number of nitrogen functional groups attached to an aromatic ring is 1. The largest absolute Gasteiger partial charge is 0.399 e. The van der Waals surface area contributed by atoms with Crippen LogP contribution in [0.25, 0.3) is 11.1 Å². The van der Waals surface area contributed by atoms with Crippen LogP contribution in [0, 0.1) is 6.92 Å². The summed E-state index contributed by atoms with van der Waals surface area (Å²) in [6.45, 7) is 1.91. The summed E-state index contributed by atoms with van der Waals surface area (Å²) in [5.74, 6) is 0. The standard InChI is InChI=1S/C19H18N2O2S/c1-14-7-10-17(11-8-14)24(22,23)21-19-12-9-16(20)13-18(19)15-5-3-2-4-6-15/h2-13,21H,20H2,1H3. The van der Waals surface area contributed by atoms with E-state index in [-0.39, 0.29) is 4.90 Å². The first-order valence-corrected chi connectivity index (χ1v) is 8.98. The molecule has 0 aliphatic rings. The third-order valence-corrected chi connectivity index (χ3v) is 5.09. The van der Waals surface area contributed by atoms with Gasteiger partial charge in [-0.2, -0.15) is 0 Å². The molecule has 24 heavy (non-hydrogen) atoms. The van der Waals surface area contributed by atoms with Crippen molar-refractivity contribution < 1.29 is 8.42 Å². The highest BCUT2D eigenvalue weighted by Gasteiger charge is 2.16. The summed E-state index contributed by atoms with van der Waals surface area (Å²) in [5, 5.41) is 0. The average Bonchev–Trinajstić information content (AvgIpc) is 2.57. The Morgan fingerprint density at radius 2 is 1.54 bits per heavy atom. The molecule has 0 saturated heterocycles. The Morgan fingerprint density at radius 1 is 0.875 bits per heavy atom. The summed E-state index contributed by atoms with van der Waals surface area (Å²) in [5.41, 5.74) is 9.59. The van der Waals surface area contributed by atoms with E-state index in [4.69, 9.17) is 5.73 Å². The summed E-state index contributed by atoms with van der Waals surface area (Å²) in [6, 6.07) is 21.4. The lowest BCUT2D eigenvalue weighted by Crippen LogP contribution is -2.13. The van der Waals surface area contributed by atoms with Crippen molar-refractivity contribution in [3.05, 3.63) is 78.4 Å². The Kier molecular flexibility index (Phi) is 4.27. The summed E-state index contributed by atoms with van der Waals surface area (Å²) in [4.78, 5) is 0.226. The fourth-order valence-corrected chi connectivity index (χ4v) is 3.51. The van der Waals surface area contributed by atoms with Crippen LogP contribution in [0.15, 0.2) is 77.7 Å². The Labute approximate surface area is 142 Å². The zero-order valence-corrected chi connectivity index (χ0v) is 14.0. The number of hydrogen-bond acceptors (Lipinski definition) is 3. The summed E-state index contributed by atoms with van der Waals surface area (Å²) in [7, 11) is -3.66. The molecule has 3 aromatic carbocycles. The molecule has 0 fully saturated rings. The number of nitrogens with one attached hydrogen (secondary N) is 1. The van der Waals surface area contributed by atoms with Gasteiger partial charge in [-0.05, 0) is 42.8 Å². The van der Waals surface area contributed by atoms with Gasteiger partial charge in [0, 0.05) is 11.3 Å². The Bertz CT molecular complexity index is 950. The molecule has 0 atom stereocenters. The van der Waals surface area contributed by atoms with Gasteiger partial charge >= 0.3 is 0 Å². The number of benzene rings is 3. The molecule has 0 unspecified atom stereocenters. The number of sulfonamides is 1. The summed E-state index contributed by atoms with van der Waals surface area (Å²) < 4.78 is 27.9. The van der Waals surface area contributed by atoms with Crippen LogP contribution in [-0.2, 0) is 10.0 Å². The lowest BCUT2D eigenvalue weighted by Gasteiger charge is -2.14. The monoisotopic (exact) mass is 338 g/mol. The first kappa shape index (κ1) is 16.1. The molecule has 3 rings (SSSR count). The van der Waals surface area contributed by atoms with Crippen molar-refractivity contribution in [1.82, 2.24) is 0 Å². The van der Waals surface area contributed by atoms with Gasteiger partial charge in [0.15, 0.2) is 0 Å². The van der Waals surface area contributed by atoms with Gasteiger partial charge in [-0.3, -0.25) is 4.72 Å². The van der Waals surface area contributed by atoms with Crippen molar-refractivity contribution in [2.24, 2.45) is 0 Å². The van der Waals surface area contributed by atoms with Gasteiger partial charge in [0.05, 0.1) is 10.6 Å². The highest BCUT2D eigenvalue weighted by atomic mass is 32.2. The Hall–Kier alpha value is -2.79. The lowest BCUT2D eigenvalue weighted by atomic mass is 10.0. The van der Waals surface area contributed by atoms with E-state index in [1.165, 1.54) is 0 Å². The first-order chi connectivity index (χ1) is 11.5. The molecule has 4 nitrogen and oxygen atoms in total. The van der Waals surface area contributed by atoms with E-state index in [2.05, 4.69) is 4.72 Å². The predicted molar refractivity (Wildman–Crippen MR) is 98.3 cm³/mol. The minimum Gasteiger partial charge on any atom is -0.399 e. The maximum Gasteiger partial charge on any atom is 0.261 e. The molecular formula is C19H18N2O2S. The minimum atomic E-state index is -3.66. The molecule has 0 aromatic heterocycles. The molecule has 0 aliphatic heterocycles. The second-order valence-electron chi connectivity index (χ2n) is 5.59. The fourth-order valence-electron chi connectivity index (χ4n) is 2.43. The number of aryl methyl sites for hydroxylation is 1. The zero-order valence-electron chi connectivity index (χ0n) is 13.2. The van der Waals surface area contributed by atoms with E-state index >= 15 is 0 Å². The Balaban J connectivity index is 2.03. The molecule has 3 aromatic rings. The van der Waals surface area contributed by atoms with Crippen molar-refractivity contribution in [1.29, 1.82) is 0 Å². The van der Waals surface area contributed by atoms with Crippen LogP contribution in [-0.4, -0.2) is 8.42 Å². The normalized spacial score (nSPS) is 11.2. The molecule has 3 N–H and O–H groups in total. The van der Waals surface area contributed by atoms with Crippen LogP contribution in [0.4, 0.5) is 11.4 Å². The Morgan fingerprint density at radius 3 is 2.21 bits per heavy atom. The summed E-state index contributed by atoms with van der Waals surface area (Å²) in [6.07, 6.45) is 0. The van der Waals surface area contributed by atoms with Crippen LogP contribution >= 0.6 is 0 Å². The molecule has 5 heteroatoms. The van der Waals surface area contributed by atoms with E-state index in [1.807, 2.05) is 37.3 Å². The first-order valence-electron chi connectivity index (χ1n) is 7.50. The third kappa shape index (κ3) is 3.41. The second-order valence-corrected chi connectivity index (χ2v) is 7.27. The quantitative estimate of drug-likeness (QED) is 0.705. The van der Waals surface area contributed by atoms with Crippen molar-refractivity contribution in [3.8, 4) is 11.1 Å². The van der Waals surface area contributed by atoms with Crippen molar-refractivity contribution in [2.45, 2.75) is 11.8 Å². The van der Waals surface area contributed by atoms with E-state index in [9.17, 15) is 8.42 Å². The molecular weight excluding hydrogens is 320 g/mol. The number of rotatable bonds is 4. The smallest absolute Gasteiger partial charge is 0.261 e. The van der Waals surface area contributed by atoms with E-state index in [0.29, 0.717) is 11.4 Å². The molecule has 0 amide bonds. The molecule has 0 aliphatic carbocycles. The SMILES string of the molecule is Cc1ccc(S(=O)(=O)Nc2ccc(N)cc2-c2ccccc2)cc1. The lowest BCUT2D eigenvalue weighted by molar-refractivity contribution is 0.601. The van der Waals surface area contributed by atoms with Crippen LogP contribution in [0.3, 0.4) is 0 Å². The van der Waals surface area contributed by atoms with Gasteiger partial charge in [-0.1, -0.05) is 48.0 Å². The van der Waals surface area contributed by atoms with Crippen LogP contribution in [0.2, 0.25) is 0 Å². The van der Waals surface area contributed by atoms with Crippen LogP contribution in [0.1, 0.15) is 5.56 Å². The zero-order chi connectivity index (χ0) is 17.2. The van der Waals surface area contributed by atoms with Gasteiger partial charge < -0.3 is 5.73 Å². The second kappa shape index (κ2) is 6.37. The van der Waals surface area contributed by atoms with Crippen molar-refractivity contribution >= 4 is 21.4 Å². The number of anilines is 2. The van der Waals surface area contributed by atoms with Gasteiger partial charge in [0.2, 0.25) is 0 Å². The minimum absolute atomic E-state index is 0.226. The molecule has 0 heterocycles. The molecule has 0 radical (unpaired) electrons. The highest BCUT2D eigenvalue weighted by Crippen LogP contribution is 2.31. The van der Waals surface area contributed by atoms with E-state index in [0.717, 1.165) is 16.7 Å². The maximum absolute atomic E-state index is 12.6. The number of hydrogen-bond donors (Lipinski definition) is 2. The van der Waals surface area contributed by atoms with Gasteiger partial charge in [-0.25, -0.2) is 8.42 Å². The van der Waals surface area contributed by atoms with Gasteiger partial charge in [0.25, 0.3) is 10.0 Å². The van der Waals surface area contributed by atoms with Crippen LogP contribution in [0.5, 0.6) is 0 Å². The molecule has 0 bridgehead atoms. The molecule has 0 spiro atoms. The maximum atomic E-state index is 12.6. The van der Waals surface area contributed by atoms with E-state index < -0.39 is 10.0 Å². The third-order valence-electron chi connectivity index (χ3n) is 3.70. The van der Waals surface area contributed by atoms with Crippen LogP contribution < -0.4 is 10.5 Å². The highest BCUT2D eigenvalue weighted by molar-refractivity contribution is 7.92. The van der Waals surface area contributed by atoms with Crippen molar-refractivity contribution in [3.63, 3.8) is 0 Å².